The second kappa shape index (κ2) is 9.31. The molecule has 7 heteroatoms. The van der Waals surface area contributed by atoms with Gasteiger partial charge in [0.15, 0.2) is 0 Å². The first-order chi connectivity index (χ1) is 16.2. The van der Waals surface area contributed by atoms with Crippen molar-refractivity contribution in [2.75, 3.05) is 10.6 Å². The van der Waals surface area contributed by atoms with Crippen LogP contribution in [0.15, 0.2) is 73.2 Å². The molecule has 0 aliphatic carbocycles. The lowest BCUT2D eigenvalue weighted by atomic mass is 9.92. The largest absolute Gasteiger partial charge is 0.366 e. The van der Waals surface area contributed by atoms with E-state index in [-0.39, 0.29) is 11.3 Å². The van der Waals surface area contributed by atoms with Gasteiger partial charge in [-0.25, -0.2) is 0 Å². The first-order valence-corrected chi connectivity index (χ1v) is 11.0. The lowest BCUT2D eigenvalue weighted by Crippen LogP contribution is -2.19. The van der Waals surface area contributed by atoms with Crippen LogP contribution in [0.3, 0.4) is 0 Å². The summed E-state index contributed by atoms with van der Waals surface area (Å²) in [6.07, 6.45) is 5.40. The smallest absolute Gasteiger partial charge is 0.250 e. The number of aromatic nitrogens is 2. The number of carbonyl (C=O) groups is 2. The van der Waals surface area contributed by atoms with E-state index in [4.69, 9.17) is 5.73 Å². The van der Waals surface area contributed by atoms with Crippen LogP contribution in [0.2, 0.25) is 0 Å². The Bertz CT molecular complexity index is 1340. The molecule has 0 saturated heterocycles. The van der Waals surface area contributed by atoms with Gasteiger partial charge in [-0.2, -0.15) is 0 Å². The molecule has 2 amide bonds. The number of anilines is 3. The van der Waals surface area contributed by atoms with Crippen molar-refractivity contribution in [3.05, 3.63) is 78.8 Å². The van der Waals surface area contributed by atoms with E-state index in [1.54, 1.807) is 18.5 Å². The highest BCUT2D eigenvalue weighted by atomic mass is 16.2. The Hall–Kier alpha value is -4.26. The summed E-state index contributed by atoms with van der Waals surface area (Å²) in [6, 6.07) is 17.1. The lowest BCUT2D eigenvalue weighted by molar-refractivity contribution is -0.117. The fourth-order valence-electron chi connectivity index (χ4n) is 3.66. The molecule has 0 fully saturated rings. The minimum absolute atomic E-state index is 0.0192. The van der Waals surface area contributed by atoms with Gasteiger partial charge in [-0.3, -0.25) is 19.6 Å². The van der Waals surface area contributed by atoms with Crippen LogP contribution >= 0.6 is 0 Å². The molecular formula is C27H27N5O2. The normalized spacial score (nSPS) is 11.3. The van der Waals surface area contributed by atoms with Gasteiger partial charge < -0.3 is 16.4 Å². The van der Waals surface area contributed by atoms with Crippen molar-refractivity contribution in [2.24, 2.45) is 11.1 Å². The Morgan fingerprint density at radius 3 is 2.24 bits per heavy atom. The van der Waals surface area contributed by atoms with Crippen LogP contribution in [-0.4, -0.2) is 21.8 Å². The number of nitrogens with two attached hydrogens (primary N) is 1. The first-order valence-electron chi connectivity index (χ1n) is 11.0. The summed E-state index contributed by atoms with van der Waals surface area (Å²) in [7, 11) is 0. The SMILES string of the molecule is CC(C)(C)CC(=O)Nc1ccc(Nc2cc(-c3ccncc3)cc3ncc(C(N)=O)cc23)cc1. The highest BCUT2D eigenvalue weighted by Crippen LogP contribution is 2.33. The maximum atomic E-state index is 12.2. The molecule has 0 radical (unpaired) electrons. The van der Waals surface area contributed by atoms with E-state index in [1.807, 2.05) is 69.3 Å². The van der Waals surface area contributed by atoms with Crippen molar-refractivity contribution >= 4 is 39.8 Å². The van der Waals surface area contributed by atoms with Crippen LogP contribution < -0.4 is 16.4 Å². The lowest BCUT2D eigenvalue weighted by Gasteiger charge is -2.17. The van der Waals surface area contributed by atoms with E-state index < -0.39 is 5.91 Å². The molecule has 4 rings (SSSR count). The molecule has 0 saturated carbocycles. The van der Waals surface area contributed by atoms with E-state index in [9.17, 15) is 9.59 Å². The Balaban J connectivity index is 1.66. The van der Waals surface area contributed by atoms with Crippen molar-refractivity contribution < 1.29 is 9.59 Å². The third-order valence-electron chi connectivity index (χ3n) is 5.24. The van der Waals surface area contributed by atoms with E-state index in [2.05, 4.69) is 20.6 Å². The summed E-state index contributed by atoms with van der Waals surface area (Å²) in [5.74, 6) is -0.553. The predicted octanol–water partition coefficient (Wildman–Crippen LogP) is 5.51. The number of nitrogens with one attached hydrogen (secondary N) is 2. The van der Waals surface area contributed by atoms with Crippen LogP contribution in [0, 0.1) is 5.41 Å². The number of benzene rings is 2. The molecule has 2 aromatic heterocycles. The van der Waals surface area contributed by atoms with Gasteiger partial charge in [0.2, 0.25) is 11.8 Å². The number of fused-ring (bicyclic) bond motifs is 1. The zero-order valence-corrected chi connectivity index (χ0v) is 19.4. The maximum Gasteiger partial charge on any atom is 0.250 e. The quantitative estimate of drug-likeness (QED) is 0.356. The molecule has 172 valence electrons. The zero-order valence-electron chi connectivity index (χ0n) is 19.4. The van der Waals surface area contributed by atoms with Gasteiger partial charge in [-0.05, 0) is 71.1 Å². The molecular weight excluding hydrogens is 426 g/mol. The molecule has 2 aromatic carbocycles. The van der Waals surface area contributed by atoms with Gasteiger partial charge in [-0.15, -0.1) is 0 Å². The molecule has 0 atom stereocenters. The number of hydrogen-bond acceptors (Lipinski definition) is 5. The third kappa shape index (κ3) is 5.56. The summed E-state index contributed by atoms with van der Waals surface area (Å²) in [5.41, 5.74) is 10.8. The van der Waals surface area contributed by atoms with Crippen LogP contribution in [0.25, 0.3) is 22.0 Å². The fraction of sp³-hybridized carbons (Fsp3) is 0.185. The molecule has 0 aliphatic rings. The average Bonchev–Trinajstić information content (AvgIpc) is 2.79. The number of nitrogens with zero attached hydrogens (tertiary/aromatic N) is 2. The highest BCUT2D eigenvalue weighted by Gasteiger charge is 2.16. The molecule has 7 nitrogen and oxygen atoms in total. The number of hydrogen-bond donors (Lipinski definition) is 3. The Morgan fingerprint density at radius 1 is 0.912 bits per heavy atom. The van der Waals surface area contributed by atoms with E-state index >= 15 is 0 Å². The number of carbonyl (C=O) groups excluding carboxylic acids is 2. The van der Waals surface area contributed by atoms with Gasteiger partial charge in [0, 0.05) is 47.5 Å². The zero-order chi connectivity index (χ0) is 24.3. The topological polar surface area (TPSA) is 110 Å². The first kappa shape index (κ1) is 22.9. The molecule has 0 spiro atoms. The second-order valence-corrected chi connectivity index (χ2v) is 9.40. The minimum Gasteiger partial charge on any atom is -0.366 e. The summed E-state index contributed by atoms with van der Waals surface area (Å²) in [6.45, 7) is 6.09. The summed E-state index contributed by atoms with van der Waals surface area (Å²) >= 11 is 0. The second-order valence-electron chi connectivity index (χ2n) is 9.40. The van der Waals surface area contributed by atoms with E-state index in [0.717, 1.165) is 39.1 Å². The molecule has 0 aliphatic heterocycles. The number of rotatable bonds is 6. The van der Waals surface area contributed by atoms with Gasteiger partial charge in [-0.1, -0.05) is 20.8 Å². The molecule has 2 heterocycles. The average molecular weight is 454 g/mol. The Kier molecular flexibility index (Phi) is 6.27. The van der Waals surface area contributed by atoms with E-state index in [1.165, 1.54) is 6.20 Å². The maximum absolute atomic E-state index is 12.2. The Labute approximate surface area is 198 Å². The Morgan fingerprint density at radius 2 is 1.59 bits per heavy atom. The van der Waals surface area contributed by atoms with E-state index in [0.29, 0.717) is 12.0 Å². The summed E-state index contributed by atoms with van der Waals surface area (Å²) in [4.78, 5) is 32.5. The van der Waals surface area contributed by atoms with Crippen molar-refractivity contribution in [3.63, 3.8) is 0 Å². The number of amides is 2. The van der Waals surface area contributed by atoms with Gasteiger partial charge in [0.25, 0.3) is 0 Å². The van der Waals surface area contributed by atoms with Crippen LogP contribution in [0.5, 0.6) is 0 Å². The van der Waals surface area contributed by atoms with Crippen LogP contribution in [0.1, 0.15) is 37.6 Å². The predicted molar refractivity (Wildman–Crippen MR) is 136 cm³/mol. The monoisotopic (exact) mass is 453 g/mol. The van der Waals surface area contributed by atoms with Crippen molar-refractivity contribution in [1.82, 2.24) is 9.97 Å². The fourth-order valence-corrected chi connectivity index (χ4v) is 3.66. The highest BCUT2D eigenvalue weighted by molar-refractivity contribution is 6.02. The van der Waals surface area contributed by atoms with Gasteiger partial charge in [0.1, 0.15) is 0 Å². The number of primary amides is 1. The molecule has 0 bridgehead atoms. The van der Waals surface area contributed by atoms with Crippen molar-refractivity contribution in [3.8, 4) is 11.1 Å². The molecule has 0 unspecified atom stereocenters. The number of pyridine rings is 2. The minimum atomic E-state index is -0.533. The van der Waals surface area contributed by atoms with Crippen LogP contribution in [-0.2, 0) is 4.79 Å². The summed E-state index contributed by atoms with van der Waals surface area (Å²) < 4.78 is 0. The van der Waals surface area contributed by atoms with Crippen molar-refractivity contribution in [2.45, 2.75) is 27.2 Å². The molecule has 34 heavy (non-hydrogen) atoms. The third-order valence-corrected chi connectivity index (χ3v) is 5.24. The molecule has 4 aromatic rings. The van der Waals surface area contributed by atoms with Crippen molar-refractivity contribution in [1.29, 1.82) is 0 Å². The van der Waals surface area contributed by atoms with Crippen LogP contribution in [0.4, 0.5) is 17.1 Å². The summed E-state index contributed by atoms with van der Waals surface area (Å²) in [5, 5.41) is 7.13. The standard InChI is InChI=1S/C27H27N5O2/c1-27(2,3)15-25(33)32-21-6-4-20(5-7-21)31-24-14-18(17-8-10-29-11-9-17)13-23-22(24)12-19(16-30-23)26(28)34/h4-14,16,31H,15H2,1-3H3,(H2,28,34)(H,32,33). The van der Waals surface area contributed by atoms with Gasteiger partial charge in [0.05, 0.1) is 11.1 Å². The molecule has 4 N–H and O–H groups in total. The van der Waals surface area contributed by atoms with Gasteiger partial charge >= 0.3 is 0 Å².